The van der Waals surface area contributed by atoms with Crippen LogP contribution in [0.3, 0.4) is 0 Å². The minimum atomic E-state index is -0.724. The van der Waals surface area contributed by atoms with Crippen LogP contribution in [-0.4, -0.2) is 70.1 Å². The Morgan fingerprint density at radius 1 is 1.11 bits per heavy atom. The molecule has 3 heterocycles. The summed E-state index contributed by atoms with van der Waals surface area (Å²) in [4.78, 5) is 40.3. The number of carbonyl (C=O) groups is 2. The lowest BCUT2D eigenvalue weighted by Crippen LogP contribution is -2.55. The zero-order chi connectivity index (χ0) is 19.9. The Kier molecular flexibility index (Phi) is 4.77. The highest BCUT2D eigenvalue weighted by molar-refractivity contribution is 6.07. The monoisotopic (exact) mass is 386 g/mol. The van der Waals surface area contributed by atoms with Crippen molar-refractivity contribution in [3.8, 4) is 0 Å². The Bertz CT molecular complexity index is 746. The molecule has 1 aromatic heterocycles. The molecule has 152 valence electrons. The standard InChI is InChI=1S/C20H30N6O2/c1-15-11-19(2,3)13-20(12-15)16(27)26(18(28)23-20)14-24-7-9-25(10-8-24)17-21-5-4-6-22-17/h4-6,15H,7-14H2,1-3H3,(H,23,28). The van der Waals surface area contributed by atoms with E-state index in [1.165, 1.54) is 4.90 Å². The Morgan fingerprint density at radius 3 is 2.43 bits per heavy atom. The maximum Gasteiger partial charge on any atom is 0.326 e. The van der Waals surface area contributed by atoms with E-state index in [0.717, 1.165) is 45.0 Å². The van der Waals surface area contributed by atoms with E-state index < -0.39 is 5.54 Å². The lowest BCUT2D eigenvalue weighted by Gasteiger charge is -2.44. The first kappa shape index (κ1) is 19.1. The van der Waals surface area contributed by atoms with Crippen LogP contribution >= 0.6 is 0 Å². The van der Waals surface area contributed by atoms with Gasteiger partial charge in [0.15, 0.2) is 0 Å². The second kappa shape index (κ2) is 6.99. The fraction of sp³-hybridized carbons (Fsp3) is 0.700. The van der Waals surface area contributed by atoms with E-state index in [2.05, 4.69) is 45.9 Å². The minimum Gasteiger partial charge on any atom is -0.338 e. The first-order valence-corrected chi connectivity index (χ1v) is 10.2. The molecule has 1 spiro atoms. The van der Waals surface area contributed by atoms with E-state index in [-0.39, 0.29) is 17.4 Å². The average Bonchev–Trinajstić information content (AvgIpc) is 2.85. The summed E-state index contributed by atoms with van der Waals surface area (Å²) in [6, 6.07) is 1.56. The molecule has 28 heavy (non-hydrogen) atoms. The number of hydrogen-bond donors (Lipinski definition) is 1. The number of piperazine rings is 1. The zero-order valence-electron chi connectivity index (χ0n) is 17.0. The van der Waals surface area contributed by atoms with Crippen LogP contribution in [0.15, 0.2) is 18.5 Å². The molecule has 0 radical (unpaired) electrons. The van der Waals surface area contributed by atoms with Crippen molar-refractivity contribution in [2.24, 2.45) is 11.3 Å². The van der Waals surface area contributed by atoms with Gasteiger partial charge in [-0.25, -0.2) is 19.7 Å². The van der Waals surface area contributed by atoms with Gasteiger partial charge in [-0.2, -0.15) is 0 Å². The number of aromatic nitrogens is 2. The Hall–Kier alpha value is -2.22. The number of imide groups is 1. The van der Waals surface area contributed by atoms with Crippen LogP contribution in [0.1, 0.15) is 40.0 Å². The Labute approximate surface area is 166 Å². The quantitative estimate of drug-likeness (QED) is 0.796. The second-order valence-corrected chi connectivity index (χ2v) is 9.40. The molecule has 3 fully saturated rings. The molecule has 1 N–H and O–H groups in total. The van der Waals surface area contributed by atoms with Crippen molar-refractivity contribution in [2.45, 2.75) is 45.6 Å². The molecule has 2 saturated heterocycles. The van der Waals surface area contributed by atoms with E-state index in [1.807, 2.05) is 0 Å². The van der Waals surface area contributed by atoms with Gasteiger partial charge in [-0.15, -0.1) is 0 Å². The summed E-state index contributed by atoms with van der Waals surface area (Å²) in [5.74, 6) is 1.10. The molecule has 8 heteroatoms. The molecule has 1 aromatic rings. The molecule has 3 aliphatic rings. The Balaban J connectivity index is 1.39. The van der Waals surface area contributed by atoms with E-state index in [4.69, 9.17) is 0 Å². The normalized spacial score (nSPS) is 30.8. The summed E-state index contributed by atoms with van der Waals surface area (Å²) in [6.07, 6.45) is 6.02. The van der Waals surface area contributed by atoms with E-state index in [1.54, 1.807) is 18.5 Å². The highest BCUT2D eigenvalue weighted by atomic mass is 16.2. The van der Waals surface area contributed by atoms with Crippen LogP contribution in [0.25, 0.3) is 0 Å². The van der Waals surface area contributed by atoms with Gasteiger partial charge in [-0.1, -0.05) is 20.8 Å². The molecule has 1 saturated carbocycles. The molecule has 2 aliphatic heterocycles. The minimum absolute atomic E-state index is 0.0500. The second-order valence-electron chi connectivity index (χ2n) is 9.40. The van der Waals surface area contributed by atoms with Crippen LogP contribution in [0.5, 0.6) is 0 Å². The van der Waals surface area contributed by atoms with Gasteiger partial charge < -0.3 is 10.2 Å². The van der Waals surface area contributed by atoms with E-state index in [0.29, 0.717) is 19.0 Å². The predicted molar refractivity (Wildman–Crippen MR) is 106 cm³/mol. The average molecular weight is 387 g/mol. The highest BCUT2D eigenvalue weighted by Gasteiger charge is 2.56. The van der Waals surface area contributed by atoms with Gasteiger partial charge in [0.1, 0.15) is 5.54 Å². The maximum absolute atomic E-state index is 13.3. The van der Waals surface area contributed by atoms with Crippen LogP contribution in [0, 0.1) is 11.3 Å². The van der Waals surface area contributed by atoms with Crippen molar-refractivity contribution >= 4 is 17.9 Å². The number of nitrogens with one attached hydrogen (secondary N) is 1. The molecule has 0 bridgehead atoms. The molecular formula is C20H30N6O2. The van der Waals surface area contributed by atoms with Crippen molar-refractivity contribution in [3.05, 3.63) is 18.5 Å². The molecule has 8 nitrogen and oxygen atoms in total. The molecule has 1 aliphatic carbocycles. The number of hydrogen-bond acceptors (Lipinski definition) is 6. The van der Waals surface area contributed by atoms with Gasteiger partial charge in [0.05, 0.1) is 6.67 Å². The summed E-state index contributed by atoms with van der Waals surface area (Å²) >= 11 is 0. The van der Waals surface area contributed by atoms with Gasteiger partial charge >= 0.3 is 6.03 Å². The third-order valence-corrected chi connectivity index (χ3v) is 6.17. The topological polar surface area (TPSA) is 81.7 Å². The zero-order valence-corrected chi connectivity index (χ0v) is 17.0. The summed E-state index contributed by atoms with van der Waals surface area (Å²) in [6.45, 7) is 10.0. The van der Waals surface area contributed by atoms with Crippen LogP contribution in [0.2, 0.25) is 0 Å². The predicted octanol–water partition coefficient (Wildman–Crippen LogP) is 1.69. The first-order valence-electron chi connectivity index (χ1n) is 10.2. The number of rotatable bonds is 3. The highest BCUT2D eigenvalue weighted by Crippen LogP contribution is 2.46. The van der Waals surface area contributed by atoms with E-state index in [9.17, 15) is 9.59 Å². The third-order valence-electron chi connectivity index (χ3n) is 6.17. The van der Waals surface area contributed by atoms with Crippen LogP contribution in [-0.2, 0) is 4.79 Å². The number of anilines is 1. The number of amides is 3. The number of urea groups is 1. The van der Waals surface area contributed by atoms with Crippen molar-refractivity contribution < 1.29 is 9.59 Å². The first-order chi connectivity index (χ1) is 13.3. The summed E-state index contributed by atoms with van der Waals surface area (Å²) in [7, 11) is 0. The van der Waals surface area contributed by atoms with Gasteiger partial charge in [0.25, 0.3) is 5.91 Å². The largest absolute Gasteiger partial charge is 0.338 e. The van der Waals surface area contributed by atoms with Crippen LogP contribution < -0.4 is 10.2 Å². The van der Waals surface area contributed by atoms with Crippen molar-refractivity contribution in [2.75, 3.05) is 37.7 Å². The summed E-state index contributed by atoms with van der Waals surface area (Å²) in [5, 5.41) is 3.06. The number of carbonyl (C=O) groups excluding carboxylic acids is 2. The van der Waals surface area contributed by atoms with Gasteiger partial charge in [-0.3, -0.25) is 9.69 Å². The lowest BCUT2D eigenvalue weighted by molar-refractivity contribution is -0.136. The summed E-state index contributed by atoms with van der Waals surface area (Å²) < 4.78 is 0. The smallest absolute Gasteiger partial charge is 0.326 e. The van der Waals surface area contributed by atoms with Crippen molar-refractivity contribution in [1.82, 2.24) is 25.1 Å². The summed E-state index contributed by atoms with van der Waals surface area (Å²) in [5.41, 5.74) is -0.671. The third kappa shape index (κ3) is 3.57. The number of nitrogens with zero attached hydrogens (tertiary/aromatic N) is 5. The Morgan fingerprint density at radius 2 is 1.79 bits per heavy atom. The van der Waals surface area contributed by atoms with E-state index >= 15 is 0 Å². The molecule has 0 aromatic carbocycles. The van der Waals surface area contributed by atoms with Crippen molar-refractivity contribution in [3.63, 3.8) is 0 Å². The van der Waals surface area contributed by atoms with Gasteiger partial charge in [-0.05, 0) is 36.7 Å². The fourth-order valence-corrected chi connectivity index (χ4v) is 5.38. The molecular weight excluding hydrogens is 356 g/mol. The molecule has 4 rings (SSSR count). The maximum atomic E-state index is 13.3. The SMILES string of the molecule is CC1CC(C)(C)CC2(C1)NC(=O)N(CN1CCN(c3ncccn3)CC1)C2=O. The fourth-order valence-electron chi connectivity index (χ4n) is 5.38. The molecule has 2 atom stereocenters. The van der Waals surface area contributed by atoms with Crippen molar-refractivity contribution in [1.29, 1.82) is 0 Å². The van der Waals surface area contributed by atoms with Gasteiger partial charge in [0, 0.05) is 38.6 Å². The lowest BCUT2D eigenvalue weighted by atomic mass is 9.64. The van der Waals surface area contributed by atoms with Gasteiger partial charge in [0.2, 0.25) is 5.95 Å². The molecule has 2 unspecified atom stereocenters. The molecule has 3 amide bonds. The van der Waals surface area contributed by atoms with Crippen LogP contribution in [0.4, 0.5) is 10.7 Å².